The largest absolute Gasteiger partial charge is 0.490 e. The summed E-state index contributed by atoms with van der Waals surface area (Å²) in [6.45, 7) is -0.429. The van der Waals surface area contributed by atoms with Crippen molar-refractivity contribution in [1.82, 2.24) is 19.8 Å². The summed E-state index contributed by atoms with van der Waals surface area (Å²) in [5, 5.41) is 18.1. The number of carbonyl (C=O) groups is 3. The minimum absolute atomic E-state index is 0.154. The standard InChI is InChI=1S/C24H19N5O6/c1-28-21(10-11-25-28)27-20-9-6-14-12-15(7-8-18(14)26-20)34-13-19(24(32)33)35-29-22(30)16-4-2-3-5-17(16)23(29)31/h2-12,19H,13H2,1H3,(H,26,27)(H,32,33). The smallest absolute Gasteiger partial charge is 0.339 e. The fourth-order valence-corrected chi connectivity index (χ4v) is 3.60. The van der Waals surface area contributed by atoms with Crippen LogP contribution in [-0.4, -0.2) is 55.4 Å². The van der Waals surface area contributed by atoms with Gasteiger partial charge in [0.05, 0.1) is 22.8 Å². The molecule has 35 heavy (non-hydrogen) atoms. The molecule has 0 saturated carbocycles. The van der Waals surface area contributed by atoms with Crippen LogP contribution >= 0.6 is 0 Å². The zero-order valence-corrected chi connectivity index (χ0v) is 18.4. The fraction of sp³-hybridized carbons (Fsp3) is 0.125. The van der Waals surface area contributed by atoms with Gasteiger partial charge in [-0.05, 0) is 42.5 Å². The maximum atomic E-state index is 12.5. The summed E-state index contributed by atoms with van der Waals surface area (Å²) < 4.78 is 7.30. The van der Waals surface area contributed by atoms with E-state index < -0.39 is 30.5 Å². The molecule has 2 aromatic carbocycles. The van der Waals surface area contributed by atoms with Crippen molar-refractivity contribution < 1.29 is 29.1 Å². The monoisotopic (exact) mass is 473 g/mol. The molecule has 1 atom stereocenters. The first-order valence-corrected chi connectivity index (χ1v) is 10.6. The number of nitrogens with one attached hydrogen (secondary N) is 1. The summed E-state index contributed by atoms with van der Waals surface area (Å²) in [6, 6.07) is 16.7. The number of fused-ring (bicyclic) bond motifs is 2. The van der Waals surface area contributed by atoms with E-state index in [1.54, 1.807) is 47.3 Å². The number of aromatic nitrogens is 3. The Balaban J connectivity index is 1.27. The van der Waals surface area contributed by atoms with Gasteiger partial charge >= 0.3 is 5.97 Å². The summed E-state index contributed by atoms with van der Waals surface area (Å²) in [5.41, 5.74) is 1.00. The SMILES string of the molecule is Cn1nccc1Nc1ccc2cc(OCC(ON3C(=O)c4ccccc4C3=O)C(=O)O)ccc2n1. The second kappa shape index (κ2) is 8.88. The van der Waals surface area contributed by atoms with Crippen LogP contribution in [0.1, 0.15) is 20.7 Å². The first kappa shape index (κ1) is 22.0. The minimum atomic E-state index is -1.59. The zero-order chi connectivity index (χ0) is 24.5. The number of hydrogen-bond acceptors (Lipinski definition) is 8. The Bertz CT molecular complexity index is 1430. The maximum Gasteiger partial charge on any atom is 0.339 e. The van der Waals surface area contributed by atoms with Crippen LogP contribution in [0.25, 0.3) is 10.9 Å². The molecular formula is C24H19N5O6. The fourth-order valence-electron chi connectivity index (χ4n) is 3.60. The van der Waals surface area contributed by atoms with Gasteiger partial charge in [0, 0.05) is 18.5 Å². The van der Waals surface area contributed by atoms with Gasteiger partial charge < -0.3 is 15.2 Å². The number of carboxylic acid groups (broad SMARTS) is 1. The van der Waals surface area contributed by atoms with Crippen LogP contribution in [0.15, 0.2) is 66.9 Å². The first-order chi connectivity index (χ1) is 16.9. The zero-order valence-electron chi connectivity index (χ0n) is 18.4. The van der Waals surface area contributed by atoms with Crippen molar-refractivity contribution in [3.05, 3.63) is 78.0 Å². The van der Waals surface area contributed by atoms with Crippen molar-refractivity contribution in [2.45, 2.75) is 6.10 Å². The number of ether oxygens (including phenoxy) is 1. The van der Waals surface area contributed by atoms with Crippen LogP contribution in [0.5, 0.6) is 5.75 Å². The molecule has 0 radical (unpaired) electrons. The second-order valence-electron chi connectivity index (χ2n) is 7.71. The molecule has 1 unspecified atom stereocenters. The third-order valence-electron chi connectivity index (χ3n) is 5.40. The minimum Gasteiger partial charge on any atom is -0.490 e. The average Bonchev–Trinajstić information content (AvgIpc) is 3.37. The van der Waals surface area contributed by atoms with E-state index in [1.165, 1.54) is 12.1 Å². The maximum absolute atomic E-state index is 12.5. The van der Waals surface area contributed by atoms with Gasteiger partial charge in [0.1, 0.15) is 24.0 Å². The van der Waals surface area contributed by atoms with Crippen LogP contribution in [0, 0.1) is 0 Å². The van der Waals surface area contributed by atoms with Crippen molar-refractivity contribution in [2.24, 2.45) is 7.05 Å². The lowest BCUT2D eigenvalue weighted by molar-refractivity contribution is -0.178. The van der Waals surface area contributed by atoms with Gasteiger partial charge in [-0.25, -0.2) is 14.6 Å². The number of amides is 2. The number of aryl methyl sites for hydroxylation is 1. The van der Waals surface area contributed by atoms with Gasteiger partial charge in [-0.2, -0.15) is 5.10 Å². The first-order valence-electron chi connectivity index (χ1n) is 10.6. The summed E-state index contributed by atoms with van der Waals surface area (Å²) in [5.74, 6) is -1.02. The number of carboxylic acids is 1. The Morgan fingerprint density at radius 3 is 2.46 bits per heavy atom. The number of hydrogen-bond donors (Lipinski definition) is 2. The average molecular weight is 473 g/mol. The predicted molar refractivity (Wildman–Crippen MR) is 123 cm³/mol. The molecule has 2 aromatic heterocycles. The lowest BCUT2D eigenvalue weighted by atomic mass is 10.1. The molecular weight excluding hydrogens is 454 g/mol. The topological polar surface area (TPSA) is 136 Å². The highest BCUT2D eigenvalue weighted by molar-refractivity contribution is 6.20. The summed E-state index contributed by atoms with van der Waals surface area (Å²) >= 11 is 0. The highest BCUT2D eigenvalue weighted by atomic mass is 16.7. The van der Waals surface area contributed by atoms with E-state index in [-0.39, 0.29) is 11.1 Å². The molecule has 1 aliphatic rings. The lowest BCUT2D eigenvalue weighted by Crippen LogP contribution is -2.41. The Hall–Kier alpha value is -4.77. The molecule has 2 N–H and O–H groups in total. The van der Waals surface area contributed by atoms with Gasteiger partial charge in [-0.15, -0.1) is 5.06 Å². The Morgan fingerprint density at radius 2 is 1.80 bits per heavy atom. The third kappa shape index (κ3) is 4.27. The molecule has 0 fully saturated rings. The van der Waals surface area contributed by atoms with Crippen molar-refractivity contribution in [3.8, 4) is 5.75 Å². The number of anilines is 2. The number of pyridine rings is 1. The van der Waals surface area contributed by atoms with Gasteiger partial charge in [-0.1, -0.05) is 12.1 Å². The van der Waals surface area contributed by atoms with Gasteiger partial charge in [-0.3, -0.25) is 14.3 Å². The third-order valence-corrected chi connectivity index (χ3v) is 5.40. The van der Waals surface area contributed by atoms with E-state index in [2.05, 4.69) is 15.4 Å². The molecule has 11 heteroatoms. The normalized spacial score (nSPS) is 13.7. The molecule has 2 amide bonds. The molecule has 3 heterocycles. The molecule has 0 bridgehead atoms. The number of hydroxylamine groups is 2. The van der Waals surface area contributed by atoms with E-state index in [9.17, 15) is 19.5 Å². The van der Waals surface area contributed by atoms with E-state index in [4.69, 9.17) is 9.57 Å². The van der Waals surface area contributed by atoms with Crippen LogP contribution < -0.4 is 10.1 Å². The lowest BCUT2D eigenvalue weighted by Gasteiger charge is -2.19. The Labute approximate surface area is 198 Å². The summed E-state index contributed by atoms with van der Waals surface area (Å²) in [4.78, 5) is 46.4. The molecule has 0 spiro atoms. The highest BCUT2D eigenvalue weighted by Crippen LogP contribution is 2.25. The number of aliphatic carboxylic acids is 1. The van der Waals surface area contributed by atoms with Crippen LogP contribution in [0.3, 0.4) is 0 Å². The molecule has 5 rings (SSSR count). The van der Waals surface area contributed by atoms with Gasteiger partial charge in [0.2, 0.25) is 6.10 Å². The molecule has 4 aromatic rings. The molecule has 176 valence electrons. The van der Waals surface area contributed by atoms with Crippen LogP contribution in [-0.2, 0) is 16.7 Å². The number of carbonyl (C=O) groups excluding carboxylic acids is 2. The molecule has 0 aliphatic carbocycles. The van der Waals surface area contributed by atoms with Crippen LogP contribution in [0.2, 0.25) is 0 Å². The number of benzene rings is 2. The van der Waals surface area contributed by atoms with Crippen molar-refractivity contribution in [3.63, 3.8) is 0 Å². The summed E-state index contributed by atoms with van der Waals surface area (Å²) in [6.07, 6.45) is 0.0895. The van der Waals surface area contributed by atoms with E-state index in [0.29, 0.717) is 22.1 Å². The molecule has 11 nitrogen and oxygen atoms in total. The quantitative estimate of drug-likeness (QED) is 0.370. The van der Waals surface area contributed by atoms with E-state index >= 15 is 0 Å². The summed E-state index contributed by atoms with van der Waals surface area (Å²) in [7, 11) is 1.81. The van der Waals surface area contributed by atoms with Crippen molar-refractivity contribution in [1.29, 1.82) is 0 Å². The van der Waals surface area contributed by atoms with Crippen LogP contribution in [0.4, 0.5) is 11.6 Å². The van der Waals surface area contributed by atoms with E-state index in [1.807, 2.05) is 19.2 Å². The van der Waals surface area contributed by atoms with Crippen molar-refractivity contribution in [2.75, 3.05) is 11.9 Å². The molecule has 0 saturated heterocycles. The number of nitrogens with zero attached hydrogens (tertiary/aromatic N) is 4. The second-order valence-corrected chi connectivity index (χ2v) is 7.71. The number of rotatable bonds is 8. The predicted octanol–water partition coefficient (Wildman–Crippen LogP) is 2.77. The molecule has 1 aliphatic heterocycles. The van der Waals surface area contributed by atoms with Gasteiger partial charge in [0.15, 0.2) is 0 Å². The number of imide groups is 1. The van der Waals surface area contributed by atoms with E-state index in [0.717, 1.165) is 11.2 Å². The Morgan fingerprint density at radius 1 is 1.06 bits per heavy atom. The Kier molecular flexibility index (Phi) is 5.59. The van der Waals surface area contributed by atoms with Crippen molar-refractivity contribution >= 4 is 40.3 Å². The highest BCUT2D eigenvalue weighted by Gasteiger charge is 2.39. The van der Waals surface area contributed by atoms with Gasteiger partial charge in [0.25, 0.3) is 11.8 Å².